The third kappa shape index (κ3) is 3.94. The van der Waals surface area contributed by atoms with E-state index in [0.717, 1.165) is 25.9 Å². The van der Waals surface area contributed by atoms with Crippen molar-refractivity contribution < 1.29 is 4.79 Å². The summed E-state index contributed by atoms with van der Waals surface area (Å²) < 4.78 is 1.82. The quantitative estimate of drug-likeness (QED) is 0.907. The minimum atomic E-state index is 0. The first-order valence-corrected chi connectivity index (χ1v) is 8.83. The van der Waals surface area contributed by atoms with Gasteiger partial charge in [0.1, 0.15) is 0 Å². The molecule has 0 spiro atoms. The van der Waals surface area contributed by atoms with E-state index in [9.17, 15) is 4.79 Å². The predicted octanol–water partition coefficient (Wildman–Crippen LogP) is 2.57. The van der Waals surface area contributed by atoms with Crippen LogP contribution in [0.5, 0.6) is 0 Å². The molecular formula is C18H31ClN4O. The highest BCUT2D eigenvalue weighted by Gasteiger charge is 2.39. The van der Waals surface area contributed by atoms with Gasteiger partial charge in [0.25, 0.3) is 0 Å². The number of halogens is 1. The van der Waals surface area contributed by atoms with Gasteiger partial charge >= 0.3 is 0 Å². The molecule has 1 aromatic heterocycles. The lowest BCUT2D eigenvalue weighted by Gasteiger charge is -2.39. The molecule has 6 heteroatoms. The van der Waals surface area contributed by atoms with Crippen molar-refractivity contribution in [2.45, 2.75) is 51.5 Å². The van der Waals surface area contributed by atoms with E-state index in [1.165, 1.54) is 18.4 Å². The third-order valence-electron chi connectivity index (χ3n) is 5.89. The number of nitrogens with zero attached hydrogens (tertiary/aromatic N) is 3. The number of nitrogens with one attached hydrogen (secondary N) is 1. The number of hydrogen-bond donors (Lipinski definition) is 1. The molecule has 136 valence electrons. The van der Waals surface area contributed by atoms with Gasteiger partial charge in [0, 0.05) is 45.3 Å². The summed E-state index contributed by atoms with van der Waals surface area (Å²) in [4.78, 5) is 15.1. The van der Waals surface area contributed by atoms with E-state index in [-0.39, 0.29) is 24.2 Å². The van der Waals surface area contributed by atoms with Crippen LogP contribution >= 0.6 is 12.4 Å². The van der Waals surface area contributed by atoms with Crippen molar-refractivity contribution in [1.82, 2.24) is 20.0 Å². The van der Waals surface area contributed by atoms with E-state index in [1.807, 2.05) is 36.1 Å². The van der Waals surface area contributed by atoms with Gasteiger partial charge in [-0.1, -0.05) is 13.8 Å². The molecule has 0 radical (unpaired) electrons. The number of amides is 1. The molecule has 1 saturated carbocycles. The lowest BCUT2D eigenvalue weighted by Crippen LogP contribution is -2.44. The van der Waals surface area contributed by atoms with Crippen LogP contribution in [0.4, 0.5) is 0 Å². The lowest BCUT2D eigenvalue weighted by atomic mass is 9.75. The Kier molecular flexibility index (Phi) is 5.97. The molecule has 24 heavy (non-hydrogen) atoms. The standard InChI is InChI=1S/C18H30N4O.ClH/c1-18(2)7-5-14(6-8-18)22(4)17(23)16-11-19-10-15(16)13-9-20-21(3)12-13;/h9,12,14-16,19H,5-8,10-11H2,1-4H3;1H/t15-,16+;/m1./s1. The van der Waals surface area contributed by atoms with Crippen molar-refractivity contribution in [3.05, 3.63) is 18.0 Å². The Labute approximate surface area is 151 Å². The zero-order valence-electron chi connectivity index (χ0n) is 15.3. The van der Waals surface area contributed by atoms with Gasteiger partial charge < -0.3 is 10.2 Å². The van der Waals surface area contributed by atoms with Crippen molar-refractivity contribution in [2.75, 3.05) is 20.1 Å². The minimum Gasteiger partial charge on any atom is -0.342 e. The van der Waals surface area contributed by atoms with Gasteiger partial charge in [-0.15, -0.1) is 12.4 Å². The molecule has 2 fully saturated rings. The molecule has 3 rings (SSSR count). The van der Waals surface area contributed by atoms with Crippen LogP contribution in [-0.4, -0.2) is 46.8 Å². The number of carbonyl (C=O) groups excluding carboxylic acids is 1. The van der Waals surface area contributed by atoms with E-state index >= 15 is 0 Å². The van der Waals surface area contributed by atoms with Gasteiger partial charge in [0.2, 0.25) is 5.91 Å². The first kappa shape index (κ1) is 19.3. The minimum absolute atomic E-state index is 0. The highest BCUT2D eigenvalue weighted by atomic mass is 35.5. The lowest BCUT2D eigenvalue weighted by molar-refractivity contribution is -0.137. The third-order valence-corrected chi connectivity index (χ3v) is 5.89. The van der Waals surface area contributed by atoms with Gasteiger partial charge in [-0.25, -0.2) is 0 Å². The summed E-state index contributed by atoms with van der Waals surface area (Å²) in [6.45, 7) is 6.32. The van der Waals surface area contributed by atoms with Crippen LogP contribution in [0.3, 0.4) is 0 Å². The highest BCUT2D eigenvalue weighted by molar-refractivity contribution is 5.85. The molecule has 2 atom stereocenters. The van der Waals surface area contributed by atoms with Crippen LogP contribution in [0.2, 0.25) is 0 Å². The largest absolute Gasteiger partial charge is 0.342 e. The SMILES string of the molecule is CN(C(=O)[C@H]1CNC[C@@H]1c1cnn(C)c1)C1CCC(C)(C)CC1.Cl. The average Bonchev–Trinajstić information content (AvgIpc) is 3.14. The summed E-state index contributed by atoms with van der Waals surface area (Å²) in [5.74, 6) is 0.589. The molecule has 0 aromatic carbocycles. The Hall–Kier alpha value is -1.07. The number of hydrogen-bond acceptors (Lipinski definition) is 3. The summed E-state index contributed by atoms with van der Waals surface area (Å²) in [5, 5.41) is 7.67. The monoisotopic (exact) mass is 354 g/mol. The van der Waals surface area contributed by atoms with Crippen LogP contribution in [0.25, 0.3) is 0 Å². The van der Waals surface area contributed by atoms with Crippen LogP contribution in [0, 0.1) is 11.3 Å². The molecule has 1 saturated heterocycles. The Morgan fingerprint density at radius 3 is 2.58 bits per heavy atom. The maximum absolute atomic E-state index is 13.1. The van der Waals surface area contributed by atoms with Crippen molar-refractivity contribution in [3.8, 4) is 0 Å². The summed E-state index contributed by atoms with van der Waals surface area (Å²) in [6.07, 6.45) is 8.64. The second-order valence-corrected chi connectivity index (χ2v) is 8.16. The van der Waals surface area contributed by atoms with Gasteiger partial charge in [-0.3, -0.25) is 9.48 Å². The number of aryl methyl sites for hydroxylation is 1. The summed E-state index contributed by atoms with van der Waals surface area (Å²) in [6, 6.07) is 0.408. The summed E-state index contributed by atoms with van der Waals surface area (Å²) in [5.41, 5.74) is 1.61. The van der Waals surface area contributed by atoms with Gasteiger partial charge in [0.05, 0.1) is 12.1 Å². The van der Waals surface area contributed by atoms with Crippen LogP contribution in [0.1, 0.15) is 51.0 Å². The molecule has 0 bridgehead atoms. The fourth-order valence-corrected chi connectivity index (χ4v) is 4.13. The zero-order valence-corrected chi connectivity index (χ0v) is 16.1. The zero-order chi connectivity index (χ0) is 16.6. The van der Waals surface area contributed by atoms with Gasteiger partial charge in [0.15, 0.2) is 0 Å². The fourth-order valence-electron chi connectivity index (χ4n) is 4.13. The van der Waals surface area contributed by atoms with Crippen LogP contribution < -0.4 is 5.32 Å². The van der Waals surface area contributed by atoms with Gasteiger partial charge in [-0.05, 0) is 36.7 Å². The van der Waals surface area contributed by atoms with Gasteiger partial charge in [-0.2, -0.15) is 5.10 Å². The molecule has 1 N–H and O–H groups in total. The molecule has 1 aliphatic carbocycles. The highest BCUT2D eigenvalue weighted by Crippen LogP contribution is 2.37. The second kappa shape index (κ2) is 7.44. The van der Waals surface area contributed by atoms with E-state index in [4.69, 9.17) is 0 Å². The van der Waals surface area contributed by atoms with E-state index < -0.39 is 0 Å². The molecule has 2 aliphatic rings. The second-order valence-electron chi connectivity index (χ2n) is 8.16. The van der Waals surface area contributed by atoms with Crippen LogP contribution in [-0.2, 0) is 11.8 Å². The Morgan fingerprint density at radius 1 is 1.33 bits per heavy atom. The smallest absolute Gasteiger partial charge is 0.227 e. The van der Waals surface area contributed by atoms with Crippen molar-refractivity contribution >= 4 is 18.3 Å². The van der Waals surface area contributed by atoms with Crippen molar-refractivity contribution in [3.63, 3.8) is 0 Å². The summed E-state index contributed by atoms with van der Waals surface area (Å²) in [7, 11) is 3.93. The molecule has 2 heterocycles. The maximum atomic E-state index is 13.1. The average molecular weight is 355 g/mol. The fraction of sp³-hybridized carbons (Fsp3) is 0.778. The Bertz CT molecular complexity index is 561. The van der Waals surface area contributed by atoms with E-state index in [0.29, 0.717) is 17.4 Å². The summed E-state index contributed by atoms with van der Waals surface area (Å²) >= 11 is 0. The van der Waals surface area contributed by atoms with Crippen molar-refractivity contribution in [1.29, 1.82) is 0 Å². The predicted molar refractivity (Wildman–Crippen MR) is 98.4 cm³/mol. The van der Waals surface area contributed by atoms with Crippen molar-refractivity contribution in [2.24, 2.45) is 18.4 Å². The molecular weight excluding hydrogens is 324 g/mol. The molecule has 1 amide bonds. The number of rotatable bonds is 3. The first-order chi connectivity index (χ1) is 10.9. The Morgan fingerprint density at radius 2 is 2.00 bits per heavy atom. The molecule has 0 unspecified atom stereocenters. The maximum Gasteiger partial charge on any atom is 0.227 e. The molecule has 1 aromatic rings. The first-order valence-electron chi connectivity index (χ1n) is 8.83. The van der Waals surface area contributed by atoms with E-state index in [1.54, 1.807) is 0 Å². The van der Waals surface area contributed by atoms with E-state index in [2.05, 4.69) is 24.3 Å². The Balaban J connectivity index is 0.00000208. The molecule has 1 aliphatic heterocycles. The topological polar surface area (TPSA) is 50.2 Å². The number of carbonyl (C=O) groups is 1. The normalized spacial score (nSPS) is 26.8. The van der Waals surface area contributed by atoms with Crippen LogP contribution in [0.15, 0.2) is 12.4 Å². The number of aromatic nitrogens is 2. The molecule has 5 nitrogen and oxygen atoms in total.